The largest absolute Gasteiger partial charge is 0.444 e. The molecular formula is C16H23IN4O2. The van der Waals surface area contributed by atoms with Gasteiger partial charge in [0.15, 0.2) is 0 Å². The number of nitrogens with one attached hydrogen (secondary N) is 1. The van der Waals surface area contributed by atoms with Crippen LogP contribution in [0.4, 0.5) is 10.6 Å². The van der Waals surface area contributed by atoms with Crippen molar-refractivity contribution in [1.82, 2.24) is 15.1 Å². The summed E-state index contributed by atoms with van der Waals surface area (Å²) in [5, 5.41) is 11.7. The molecule has 0 bridgehead atoms. The van der Waals surface area contributed by atoms with Crippen LogP contribution in [0.2, 0.25) is 0 Å². The van der Waals surface area contributed by atoms with Crippen LogP contribution in [0.1, 0.15) is 33.6 Å². The van der Waals surface area contributed by atoms with E-state index in [4.69, 9.17) is 4.74 Å². The van der Waals surface area contributed by atoms with Crippen LogP contribution in [-0.2, 0) is 4.74 Å². The minimum atomic E-state index is -0.428. The Balaban J connectivity index is 1.51. The molecule has 1 aromatic heterocycles. The van der Waals surface area contributed by atoms with E-state index in [0.29, 0.717) is 17.9 Å². The fourth-order valence-electron chi connectivity index (χ4n) is 3.50. The highest BCUT2D eigenvalue weighted by Gasteiger charge is 2.43. The van der Waals surface area contributed by atoms with Crippen molar-refractivity contribution in [3.05, 3.63) is 15.8 Å². The van der Waals surface area contributed by atoms with Gasteiger partial charge in [-0.15, -0.1) is 10.2 Å². The molecule has 3 atom stereocenters. The van der Waals surface area contributed by atoms with Gasteiger partial charge in [0.1, 0.15) is 15.1 Å². The van der Waals surface area contributed by atoms with E-state index in [1.165, 1.54) is 0 Å². The second kappa shape index (κ2) is 6.41. The second-order valence-corrected chi connectivity index (χ2v) is 8.56. The molecule has 2 heterocycles. The Bertz CT molecular complexity index is 558. The first-order valence-electron chi connectivity index (χ1n) is 8.04. The molecule has 7 heteroatoms. The highest BCUT2D eigenvalue weighted by Crippen LogP contribution is 2.39. The molecular weight excluding hydrogens is 407 g/mol. The summed E-state index contributed by atoms with van der Waals surface area (Å²) in [6.07, 6.45) is 1.95. The number of likely N-dealkylation sites (tertiary alicyclic amines) is 1. The van der Waals surface area contributed by atoms with Gasteiger partial charge in [-0.3, -0.25) is 0 Å². The number of rotatable bonds is 2. The summed E-state index contributed by atoms with van der Waals surface area (Å²) in [4.78, 5) is 14.0. The second-order valence-electron chi connectivity index (χ2n) is 7.46. The third-order valence-corrected chi connectivity index (χ3v) is 4.96. The number of fused-ring (bicyclic) bond motifs is 1. The van der Waals surface area contributed by atoms with E-state index in [1.807, 2.05) is 37.8 Å². The quantitative estimate of drug-likeness (QED) is 0.731. The lowest BCUT2D eigenvalue weighted by molar-refractivity contribution is 0.0280. The zero-order chi connectivity index (χ0) is 16.6. The maximum absolute atomic E-state index is 12.2. The molecule has 0 spiro atoms. The van der Waals surface area contributed by atoms with E-state index >= 15 is 0 Å². The van der Waals surface area contributed by atoms with Crippen molar-refractivity contribution in [3.63, 3.8) is 0 Å². The number of carbonyl (C=O) groups is 1. The number of nitrogens with zero attached hydrogens (tertiary/aromatic N) is 3. The molecule has 1 N–H and O–H groups in total. The fraction of sp³-hybridized carbons (Fsp3) is 0.688. The van der Waals surface area contributed by atoms with Gasteiger partial charge >= 0.3 is 6.09 Å². The predicted octanol–water partition coefficient (Wildman–Crippen LogP) is 3.14. The Kier molecular flexibility index (Phi) is 4.66. The van der Waals surface area contributed by atoms with Gasteiger partial charge < -0.3 is 15.0 Å². The van der Waals surface area contributed by atoms with Crippen LogP contribution in [0.3, 0.4) is 0 Å². The van der Waals surface area contributed by atoms with Gasteiger partial charge in [-0.2, -0.15) is 0 Å². The fourth-order valence-corrected chi connectivity index (χ4v) is 3.78. The first kappa shape index (κ1) is 16.7. The predicted molar refractivity (Wildman–Crippen MR) is 96.2 cm³/mol. The molecule has 1 aliphatic heterocycles. The lowest BCUT2D eigenvalue weighted by Crippen LogP contribution is -2.36. The van der Waals surface area contributed by atoms with E-state index in [-0.39, 0.29) is 6.09 Å². The van der Waals surface area contributed by atoms with Crippen LogP contribution in [-0.4, -0.2) is 45.9 Å². The molecule has 2 fully saturated rings. The van der Waals surface area contributed by atoms with Crippen LogP contribution >= 0.6 is 22.6 Å². The molecule has 1 aromatic rings. The summed E-state index contributed by atoms with van der Waals surface area (Å²) in [7, 11) is 0. The van der Waals surface area contributed by atoms with Gasteiger partial charge in [-0.05, 0) is 80.2 Å². The smallest absolute Gasteiger partial charge is 0.410 e. The van der Waals surface area contributed by atoms with Gasteiger partial charge in [0.2, 0.25) is 0 Å². The molecule has 2 aliphatic rings. The van der Waals surface area contributed by atoms with Crippen LogP contribution in [0.25, 0.3) is 0 Å². The maximum atomic E-state index is 12.2. The summed E-state index contributed by atoms with van der Waals surface area (Å²) in [6, 6.07) is 4.34. The van der Waals surface area contributed by atoms with E-state index in [2.05, 4.69) is 38.1 Å². The Hall–Kier alpha value is -1.12. The zero-order valence-electron chi connectivity index (χ0n) is 13.8. The Morgan fingerprint density at radius 2 is 1.91 bits per heavy atom. The van der Waals surface area contributed by atoms with Crippen molar-refractivity contribution in [2.45, 2.75) is 45.3 Å². The number of halogens is 1. The summed E-state index contributed by atoms with van der Waals surface area (Å²) < 4.78 is 6.37. The summed E-state index contributed by atoms with van der Waals surface area (Å²) in [6.45, 7) is 7.32. The normalized spacial score (nSPS) is 27.0. The molecule has 1 saturated heterocycles. The SMILES string of the molecule is CC(C)(C)OC(=O)N1CC2C[C@H](Nc3ccc(I)nn3)C[C@@H]2C1. The molecule has 0 radical (unpaired) electrons. The van der Waals surface area contributed by atoms with Gasteiger partial charge in [-0.25, -0.2) is 4.79 Å². The first-order valence-corrected chi connectivity index (χ1v) is 9.12. The number of hydrogen-bond donors (Lipinski definition) is 1. The molecule has 1 unspecified atom stereocenters. The van der Waals surface area contributed by atoms with Crippen molar-refractivity contribution in [2.24, 2.45) is 11.8 Å². The van der Waals surface area contributed by atoms with Crippen molar-refractivity contribution in [3.8, 4) is 0 Å². The van der Waals surface area contributed by atoms with Crippen LogP contribution in [0, 0.1) is 15.5 Å². The number of amides is 1. The molecule has 0 aromatic carbocycles. The summed E-state index contributed by atoms with van der Waals surface area (Å²) in [5.74, 6) is 1.94. The Morgan fingerprint density at radius 1 is 1.26 bits per heavy atom. The lowest BCUT2D eigenvalue weighted by Gasteiger charge is -2.25. The van der Waals surface area contributed by atoms with E-state index in [1.54, 1.807) is 0 Å². The number of hydrogen-bond acceptors (Lipinski definition) is 5. The van der Waals surface area contributed by atoms with Crippen LogP contribution in [0.5, 0.6) is 0 Å². The molecule has 6 nitrogen and oxygen atoms in total. The Morgan fingerprint density at radius 3 is 2.43 bits per heavy atom. The average molecular weight is 430 g/mol. The van der Waals surface area contributed by atoms with Gasteiger partial charge in [0.05, 0.1) is 0 Å². The van der Waals surface area contributed by atoms with Crippen molar-refractivity contribution in [2.75, 3.05) is 18.4 Å². The highest BCUT2D eigenvalue weighted by atomic mass is 127. The van der Waals surface area contributed by atoms with Gasteiger partial charge in [0, 0.05) is 19.1 Å². The number of ether oxygens (including phenoxy) is 1. The zero-order valence-corrected chi connectivity index (χ0v) is 15.9. The minimum Gasteiger partial charge on any atom is -0.444 e. The average Bonchev–Trinajstić information content (AvgIpc) is 2.97. The van der Waals surface area contributed by atoms with Gasteiger partial charge in [-0.1, -0.05) is 0 Å². The molecule has 23 heavy (non-hydrogen) atoms. The van der Waals surface area contributed by atoms with Crippen LogP contribution in [0.15, 0.2) is 12.1 Å². The molecule has 3 rings (SSSR count). The third-order valence-electron chi connectivity index (χ3n) is 4.39. The monoisotopic (exact) mass is 430 g/mol. The Labute approximate surface area is 150 Å². The summed E-state index contributed by atoms with van der Waals surface area (Å²) in [5.41, 5.74) is -0.428. The number of carbonyl (C=O) groups excluding carboxylic acids is 1. The van der Waals surface area contributed by atoms with E-state index < -0.39 is 5.60 Å². The lowest BCUT2D eigenvalue weighted by atomic mass is 10.0. The minimum absolute atomic E-state index is 0.181. The number of aromatic nitrogens is 2. The van der Waals surface area contributed by atoms with Crippen LogP contribution < -0.4 is 5.32 Å². The molecule has 1 saturated carbocycles. The topological polar surface area (TPSA) is 67.3 Å². The third kappa shape index (κ3) is 4.24. The maximum Gasteiger partial charge on any atom is 0.410 e. The van der Waals surface area contributed by atoms with Crippen molar-refractivity contribution in [1.29, 1.82) is 0 Å². The summed E-state index contributed by atoms with van der Waals surface area (Å²) >= 11 is 2.15. The highest BCUT2D eigenvalue weighted by molar-refractivity contribution is 14.1. The molecule has 1 aliphatic carbocycles. The van der Waals surface area contributed by atoms with Gasteiger partial charge in [0.25, 0.3) is 0 Å². The van der Waals surface area contributed by atoms with Crippen molar-refractivity contribution >= 4 is 34.5 Å². The number of anilines is 1. The molecule has 1 amide bonds. The molecule has 126 valence electrons. The van der Waals surface area contributed by atoms with E-state index in [9.17, 15) is 4.79 Å². The first-order chi connectivity index (χ1) is 10.8. The standard InChI is InChI=1S/C16H23IN4O2/c1-16(2,3)23-15(22)21-8-10-6-12(7-11(10)9-21)18-14-5-4-13(17)19-20-14/h4-5,10-12H,6-9H2,1-3H3,(H,18,20)/t10-,11?,12-/m1/s1. The van der Waals surface area contributed by atoms with Crippen molar-refractivity contribution < 1.29 is 9.53 Å². The van der Waals surface area contributed by atoms with E-state index in [0.717, 1.165) is 35.4 Å².